The summed E-state index contributed by atoms with van der Waals surface area (Å²) in [6.07, 6.45) is 2.19. The quantitative estimate of drug-likeness (QED) is 0.715. The first-order chi connectivity index (χ1) is 11.4. The molecule has 4 heteroatoms. The third-order valence-electron chi connectivity index (χ3n) is 5.21. The van der Waals surface area contributed by atoms with Crippen LogP contribution in [0.4, 0.5) is 0 Å². The lowest BCUT2D eigenvalue weighted by atomic mass is 9.86. The van der Waals surface area contributed by atoms with Gasteiger partial charge in [-0.3, -0.25) is 5.32 Å². The molecule has 2 atom stereocenters. The van der Waals surface area contributed by atoms with E-state index in [0.717, 1.165) is 18.4 Å². The van der Waals surface area contributed by atoms with E-state index >= 15 is 0 Å². The number of hydrogen-bond donors (Lipinski definition) is 3. The molecule has 2 rings (SSSR count). The van der Waals surface area contributed by atoms with Gasteiger partial charge in [-0.1, -0.05) is 38.5 Å². The minimum atomic E-state index is -0.861. The van der Waals surface area contributed by atoms with E-state index in [9.17, 15) is 10.2 Å². The molecule has 24 heavy (non-hydrogen) atoms. The molecule has 4 nitrogen and oxygen atoms in total. The molecule has 0 saturated carbocycles. The van der Waals surface area contributed by atoms with Gasteiger partial charge in [-0.2, -0.15) is 0 Å². The van der Waals surface area contributed by atoms with Gasteiger partial charge in [-0.05, 0) is 49.3 Å². The Morgan fingerprint density at radius 3 is 2.21 bits per heavy atom. The van der Waals surface area contributed by atoms with Crippen molar-refractivity contribution in [2.45, 2.75) is 65.1 Å². The number of rotatable bonds is 7. The Morgan fingerprint density at radius 2 is 1.75 bits per heavy atom. The van der Waals surface area contributed by atoms with E-state index in [0.29, 0.717) is 25.0 Å². The number of benzene rings is 1. The van der Waals surface area contributed by atoms with Crippen molar-refractivity contribution < 1.29 is 14.9 Å². The number of ether oxygens (including phenoxy) is 1. The highest BCUT2D eigenvalue weighted by Crippen LogP contribution is 2.41. The number of nitrogens with one attached hydrogen (secondary N) is 1. The average molecular weight is 333 g/mol. The summed E-state index contributed by atoms with van der Waals surface area (Å²) in [5.41, 5.74) is 4.60. The molecule has 134 valence electrons. The highest BCUT2D eigenvalue weighted by Gasteiger charge is 2.45. The second-order valence-electron chi connectivity index (χ2n) is 6.65. The summed E-state index contributed by atoms with van der Waals surface area (Å²) in [4.78, 5) is 0. The van der Waals surface area contributed by atoms with E-state index in [4.69, 9.17) is 4.74 Å². The number of hydrogen-bond acceptors (Lipinski definition) is 4. The summed E-state index contributed by atoms with van der Waals surface area (Å²) in [5, 5.41) is 25.0. The van der Waals surface area contributed by atoms with Gasteiger partial charge in [0.05, 0.1) is 5.54 Å². The summed E-state index contributed by atoms with van der Waals surface area (Å²) < 4.78 is 5.21. The van der Waals surface area contributed by atoms with Crippen LogP contribution in [0.1, 0.15) is 55.9 Å². The Labute approximate surface area is 145 Å². The van der Waals surface area contributed by atoms with E-state index in [-0.39, 0.29) is 5.76 Å². The van der Waals surface area contributed by atoms with Crippen LogP contribution >= 0.6 is 0 Å². The van der Waals surface area contributed by atoms with Gasteiger partial charge < -0.3 is 14.9 Å². The monoisotopic (exact) mass is 333 g/mol. The zero-order valence-electron chi connectivity index (χ0n) is 15.6. The molecular formula is C20H31NO3. The Kier molecular flexibility index (Phi) is 6.07. The van der Waals surface area contributed by atoms with Crippen LogP contribution in [0.15, 0.2) is 17.9 Å². The first-order valence-electron chi connectivity index (χ1n) is 8.95. The largest absolute Gasteiger partial charge is 0.510 e. The van der Waals surface area contributed by atoms with E-state index in [1.807, 2.05) is 6.92 Å². The van der Waals surface area contributed by atoms with Gasteiger partial charge in [0, 0.05) is 19.3 Å². The van der Waals surface area contributed by atoms with Gasteiger partial charge in [0.25, 0.3) is 0 Å². The Hall–Kier alpha value is -1.36. The summed E-state index contributed by atoms with van der Waals surface area (Å²) in [6.45, 7) is 8.87. The van der Waals surface area contributed by atoms with E-state index in [1.165, 1.54) is 16.7 Å². The van der Waals surface area contributed by atoms with Gasteiger partial charge in [-0.25, -0.2) is 0 Å². The lowest BCUT2D eigenvalue weighted by Gasteiger charge is -2.29. The fourth-order valence-corrected chi connectivity index (χ4v) is 3.80. The summed E-state index contributed by atoms with van der Waals surface area (Å²) in [7, 11) is 1.65. The predicted molar refractivity (Wildman–Crippen MR) is 98.1 cm³/mol. The summed E-state index contributed by atoms with van der Waals surface area (Å²) in [6, 6.07) is 4.31. The van der Waals surface area contributed by atoms with Crippen molar-refractivity contribution in [3.05, 3.63) is 40.1 Å². The molecule has 1 aliphatic heterocycles. The third kappa shape index (κ3) is 3.23. The maximum atomic E-state index is 11.1. The molecular weight excluding hydrogens is 302 g/mol. The highest BCUT2D eigenvalue weighted by molar-refractivity contribution is 5.78. The molecule has 3 N–H and O–H groups in total. The minimum absolute atomic E-state index is 0.266. The summed E-state index contributed by atoms with van der Waals surface area (Å²) >= 11 is 0. The molecule has 0 radical (unpaired) electrons. The topological polar surface area (TPSA) is 61.7 Å². The molecule has 1 aromatic rings. The van der Waals surface area contributed by atoms with E-state index in [2.05, 4.69) is 38.2 Å². The highest BCUT2D eigenvalue weighted by atomic mass is 16.5. The number of methoxy groups -OCH3 is 1. The van der Waals surface area contributed by atoms with Crippen LogP contribution in [-0.2, 0) is 17.6 Å². The SMILES string of the molecule is CCc1cc(C)cc(CC)c1C1=C(O)C(CC)(CCOC)NC1O. The molecule has 0 aromatic heterocycles. The minimum Gasteiger partial charge on any atom is -0.510 e. The van der Waals surface area contributed by atoms with E-state index in [1.54, 1.807) is 7.11 Å². The van der Waals surface area contributed by atoms with Crippen LogP contribution in [0.25, 0.3) is 5.57 Å². The fraction of sp³-hybridized carbons (Fsp3) is 0.600. The van der Waals surface area contributed by atoms with Crippen LogP contribution in [0.5, 0.6) is 0 Å². The molecule has 0 bridgehead atoms. The number of aliphatic hydroxyl groups excluding tert-OH is 2. The van der Waals surface area contributed by atoms with Crippen LogP contribution in [0.2, 0.25) is 0 Å². The summed E-state index contributed by atoms with van der Waals surface area (Å²) in [5.74, 6) is 0.266. The Balaban J connectivity index is 2.64. The maximum Gasteiger partial charge on any atom is 0.135 e. The first-order valence-corrected chi connectivity index (χ1v) is 8.95. The zero-order valence-corrected chi connectivity index (χ0v) is 15.6. The van der Waals surface area contributed by atoms with Gasteiger partial charge in [0.15, 0.2) is 0 Å². The van der Waals surface area contributed by atoms with Crippen molar-refractivity contribution in [3.63, 3.8) is 0 Å². The molecule has 1 aliphatic rings. The Bertz CT molecular complexity index is 598. The van der Waals surface area contributed by atoms with Gasteiger partial charge in [-0.15, -0.1) is 0 Å². The molecule has 1 heterocycles. The first kappa shape index (κ1) is 19.0. The van der Waals surface area contributed by atoms with E-state index < -0.39 is 11.8 Å². The molecule has 0 fully saturated rings. The predicted octanol–water partition coefficient (Wildman–Crippen LogP) is 3.50. The lowest BCUT2D eigenvalue weighted by Crippen LogP contribution is -2.46. The second kappa shape index (κ2) is 7.68. The van der Waals surface area contributed by atoms with Crippen LogP contribution in [0.3, 0.4) is 0 Å². The normalized spacial score (nSPS) is 24.0. The molecule has 0 saturated heterocycles. The number of aliphatic hydroxyl groups is 2. The standard InChI is InChI=1S/C20H31NO3/c1-6-14-11-13(4)12-15(7-2)16(14)17-18(22)20(8-3,9-10-24-5)21-19(17)23/h11-12,19,21-23H,6-10H2,1-5H3. The van der Waals surface area contributed by atoms with Crippen molar-refractivity contribution in [2.75, 3.05) is 13.7 Å². The fourth-order valence-electron chi connectivity index (χ4n) is 3.80. The lowest BCUT2D eigenvalue weighted by molar-refractivity contribution is 0.115. The smallest absolute Gasteiger partial charge is 0.135 e. The second-order valence-corrected chi connectivity index (χ2v) is 6.65. The van der Waals surface area contributed by atoms with Gasteiger partial charge >= 0.3 is 0 Å². The molecule has 0 amide bonds. The maximum absolute atomic E-state index is 11.1. The van der Waals surface area contributed by atoms with Gasteiger partial charge in [0.1, 0.15) is 12.0 Å². The van der Waals surface area contributed by atoms with Crippen LogP contribution in [-0.4, -0.2) is 35.7 Å². The number of aryl methyl sites for hydroxylation is 3. The molecule has 2 unspecified atom stereocenters. The molecule has 1 aromatic carbocycles. The van der Waals surface area contributed by atoms with Gasteiger partial charge in [0.2, 0.25) is 0 Å². The molecule has 0 aliphatic carbocycles. The van der Waals surface area contributed by atoms with Crippen LogP contribution in [0, 0.1) is 6.92 Å². The third-order valence-corrected chi connectivity index (χ3v) is 5.21. The van der Waals surface area contributed by atoms with Crippen molar-refractivity contribution in [3.8, 4) is 0 Å². The van der Waals surface area contributed by atoms with Crippen molar-refractivity contribution in [2.24, 2.45) is 0 Å². The van der Waals surface area contributed by atoms with Crippen molar-refractivity contribution in [1.82, 2.24) is 5.32 Å². The zero-order chi connectivity index (χ0) is 17.9. The van der Waals surface area contributed by atoms with Crippen LogP contribution < -0.4 is 5.32 Å². The molecule has 0 spiro atoms. The average Bonchev–Trinajstić information content (AvgIpc) is 2.83. The van der Waals surface area contributed by atoms with Crippen molar-refractivity contribution >= 4 is 5.57 Å². The Morgan fingerprint density at radius 1 is 1.17 bits per heavy atom. The van der Waals surface area contributed by atoms with Crippen molar-refractivity contribution in [1.29, 1.82) is 0 Å².